The van der Waals surface area contributed by atoms with Crippen LogP contribution in [-0.2, 0) is 4.79 Å². The minimum absolute atomic E-state index is 0.564. The number of aliphatic carboxylic acids is 1. The molecule has 1 aromatic rings. The summed E-state index contributed by atoms with van der Waals surface area (Å²) in [6.07, 6.45) is 5.33. The normalized spacial score (nSPS) is 23.8. The molecule has 1 aliphatic heterocycles. The van der Waals surface area contributed by atoms with Crippen molar-refractivity contribution in [2.24, 2.45) is 5.92 Å². The number of carbonyl (C=O) groups is 1. The van der Waals surface area contributed by atoms with Gasteiger partial charge in [0.25, 0.3) is 0 Å². The Morgan fingerprint density at radius 1 is 1.32 bits per heavy atom. The molecule has 3 nitrogen and oxygen atoms in total. The van der Waals surface area contributed by atoms with Crippen LogP contribution in [0.4, 0.5) is 5.69 Å². The Bertz CT molecular complexity index is 464. The van der Waals surface area contributed by atoms with Crippen LogP contribution in [-0.4, -0.2) is 23.7 Å². The van der Waals surface area contributed by atoms with Gasteiger partial charge in [0.2, 0.25) is 0 Å². The van der Waals surface area contributed by atoms with Crippen LogP contribution in [0, 0.1) is 5.92 Å². The van der Waals surface area contributed by atoms with Crippen molar-refractivity contribution in [3.63, 3.8) is 0 Å². The first-order valence-corrected chi connectivity index (χ1v) is 6.85. The number of nitrogens with zero attached hydrogens (tertiary/aromatic N) is 1. The number of hydrogen-bond donors (Lipinski definition) is 1. The molecule has 0 aromatic heterocycles. The molecule has 2 atom stereocenters. The summed E-state index contributed by atoms with van der Waals surface area (Å²) >= 11 is 0. The second-order valence-electron chi connectivity index (χ2n) is 5.32. The Labute approximate surface area is 114 Å². The first kappa shape index (κ1) is 13.7. The van der Waals surface area contributed by atoms with Crippen LogP contribution in [0.3, 0.4) is 0 Å². The minimum Gasteiger partial charge on any atom is -0.478 e. The fraction of sp³-hybridized carbons (Fsp3) is 0.438. The molecule has 1 aromatic carbocycles. The Morgan fingerprint density at radius 2 is 2.00 bits per heavy atom. The fourth-order valence-electron chi connectivity index (χ4n) is 2.64. The highest BCUT2D eigenvalue weighted by atomic mass is 16.4. The van der Waals surface area contributed by atoms with Crippen LogP contribution >= 0.6 is 0 Å². The van der Waals surface area contributed by atoms with Crippen LogP contribution in [0.25, 0.3) is 6.08 Å². The van der Waals surface area contributed by atoms with Gasteiger partial charge in [0.1, 0.15) is 0 Å². The third-order valence-electron chi connectivity index (χ3n) is 4.02. The molecular formula is C16H21NO2. The van der Waals surface area contributed by atoms with E-state index in [-0.39, 0.29) is 0 Å². The van der Waals surface area contributed by atoms with Crippen LogP contribution in [0.15, 0.2) is 30.3 Å². The molecule has 0 bridgehead atoms. The number of anilines is 1. The van der Waals surface area contributed by atoms with Crippen molar-refractivity contribution in [3.05, 3.63) is 35.9 Å². The van der Waals surface area contributed by atoms with Gasteiger partial charge in [-0.3, -0.25) is 0 Å². The third kappa shape index (κ3) is 3.37. The molecule has 0 spiro atoms. The highest BCUT2D eigenvalue weighted by Crippen LogP contribution is 2.28. The summed E-state index contributed by atoms with van der Waals surface area (Å²) in [7, 11) is 0. The summed E-state index contributed by atoms with van der Waals surface area (Å²) in [6, 6.07) is 8.67. The van der Waals surface area contributed by atoms with E-state index >= 15 is 0 Å². The molecule has 1 N–H and O–H groups in total. The molecule has 1 saturated heterocycles. The van der Waals surface area contributed by atoms with Crippen molar-refractivity contribution in [2.45, 2.75) is 32.7 Å². The molecule has 0 amide bonds. The van der Waals surface area contributed by atoms with E-state index in [1.807, 2.05) is 12.1 Å². The molecule has 102 valence electrons. The Kier molecular flexibility index (Phi) is 4.25. The average Bonchev–Trinajstić information content (AvgIpc) is 2.40. The largest absolute Gasteiger partial charge is 0.478 e. The molecule has 19 heavy (non-hydrogen) atoms. The molecule has 0 radical (unpaired) electrons. The second-order valence-corrected chi connectivity index (χ2v) is 5.32. The second kappa shape index (κ2) is 5.91. The maximum absolute atomic E-state index is 10.5. The van der Waals surface area contributed by atoms with Gasteiger partial charge in [-0.05, 0) is 49.5 Å². The summed E-state index contributed by atoms with van der Waals surface area (Å²) < 4.78 is 0. The molecule has 2 unspecified atom stereocenters. The van der Waals surface area contributed by atoms with E-state index in [1.165, 1.54) is 24.6 Å². The number of rotatable bonds is 3. The molecule has 2 rings (SSSR count). The zero-order valence-corrected chi connectivity index (χ0v) is 11.5. The van der Waals surface area contributed by atoms with Gasteiger partial charge in [-0.15, -0.1) is 0 Å². The van der Waals surface area contributed by atoms with Crippen LogP contribution in [0.5, 0.6) is 0 Å². The van der Waals surface area contributed by atoms with Crippen molar-refractivity contribution in [3.8, 4) is 0 Å². The van der Waals surface area contributed by atoms with Gasteiger partial charge < -0.3 is 10.0 Å². The number of benzene rings is 1. The summed E-state index contributed by atoms with van der Waals surface area (Å²) in [5, 5.41) is 8.60. The Balaban J connectivity index is 2.11. The lowest BCUT2D eigenvalue weighted by Crippen LogP contribution is -2.42. The number of piperidine rings is 1. The lowest BCUT2D eigenvalue weighted by molar-refractivity contribution is -0.131. The average molecular weight is 259 g/mol. The maximum Gasteiger partial charge on any atom is 0.328 e. The number of carboxylic acids is 1. The van der Waals surface area contributed by atoms with Crippen molar-refractivity contribution in [1.82, 2.24) is 0 Å². The van der Waals surface area contributed by atoms with Crippen LogP contribution in [0.2, 0.25) is 0 Å². The van der Waals surface area contributed by atoms with Crippen molar-refractivity contribution < 1.29 is 9.90 Å². The van der Waals surface area contributed by atoms with E-state index in [9.17, 15) is 4.79 Å². The molecule has 1 heterocycles. The molecule has 0 aliphatic carbocycles. The van der Waals surface area contributed by atoms with Crippen LogP contribution in [0.1, 0.15) is 32.3 Å². The fourth-order valence-corrected chi connectivity index (χ4v) is 2.64. The first-order chi connectivity index (χ1) is 9.08. The molecular weight excluding hydrogens is 238 g/mol. The monoisotopic (exact) mass is 259 g/mol. The molecule has 3 heteroatoms. The van der Waals surface area contributed by atoms with Gasteiger partial charge in [0, 0.05) is 24.4 Å². The highest BCUT2D eigenvalue weighted by Gasteiger charge is 2.24. The lowest BCUT2D eigenvalue weighted by Gasteiger charge is -2.39. The third-order valence-corrected chi connectivity index (χ3v) is 4.02. The predicted molar refractivity (Wildman–Crippen MR) is 78.3 cm³/mol. The van der Waals surface area contributed by atoms with E-state index in [0.29, 0.717) is 6.04 Å². The zero-order valence-electron chi connectivity index (χ0n) is 11.5. The smallest absolute Gasteiger partial charge is 0.328 e. The van der Waals surface area contributed by atoms with E-state index in [2.05, 4.69) is 30.9 Å². The summed E-state index contributed by atoms with van der Waals surface area (Å²) in [5.74, 6) is -0.192. The van der Waals surface area contributed by atoms with Gasteiger partial charge in [-0.2, -0.15) is 0 Å². The standard InChI is InChI=1S/C16H21NO2/c1-12-4-3-11-17(13(12)2)15-8-5-14(6-9-15)7-10-16(18)19/h5-10,12-13H,3-4,11H2,1-2H3,(H,18,19)/b10-7+. The van der Waals surface area contributed by atoms with Crippen molar-refractivity contribution in [1.29, 1.82) is 0 Å². The predicted octanol–water partition coefficient (Wildman–Crippen LogP) is 3.41. The molecule has 0 saturated carbocycles. The van der Waals surface area contributed by atoms with Gasteiger partial charge in [0.05, 0.1) is 0 Å². The Hall–Kier alpha value is -1.77. The maximum atomic E-state index is 10.5. The van der Waals surface area contributed by atoms with E-state index < -0.39 is 5.97 Å². The topological polar surface area (TPSA) is 40.5 Å². The zero-order chi connectivity index (χ0) is 13.8. The first-order valence-electron chi connectivity index (χ1n) is 6.85. The number of hydrogen-bond acceptors (Lipinski definition) is 2. The number of carboxylic acid groups (broad SMARTS) is 1. The van der Waals surface area contributed by atoms with Gasteiger partial charge in [-0.1, -0.05) is 19.1 Å². The van der Waals surface area contributed by atoms with Gasteiger partial charge >= 0.3 is 5.97 Å². The minimum atomic E-state index is -0.914. The summed E-state index contributed by atoms with van der Waals surface area (Å²) in [4.78, 5) is 12.9. The van der Waals surface area contributed by atoms with Gasteiger partial charge in [0.15, 0.2) is 0 Å². The summed E-state index contributed by atoms with van der Waals surface area (Å²) in [5.41, 5.74) is 2.15. The van der Waals surface area contributed by atoms with Gasteiger partial charge in [-0.25, -0.2) is 4.79 Å². The quantitative estimate of drug-likeness (QED) is 0.846. The highest BCUT2D eigenvalue weighted by molar-refractivity contribution is 5.85. The SMILES string of the molecule is CC1CCCN(c2ccc(/C=C/C(=O)O)cc2)C1C. The summed E-state index contributed by atoms with van der Waals surface area (Å²) in [6.45, 7) is 5.69. The van der Waals surface area contributed by atoms with E-state index in [1.54, 1.807) is 6.08 Å². The van der Waals surface area contributed by atoms with E-state index in [0.717, 1.165) is 18.0 Å². The van der Waals surface area contributed by atoms with Crippen molar-refractivity contribution >= 4 is 17.7 Å². The van der Waals surface area contributed by atoms with E-state index in [4.69, 9.17) is 5.11 Å². The lowest BCUT2D eigenvalue weighted by atomic mass is 9.91. The van der Waals surface area contributed by atoms with Crippen molar-refractivity contribution in [2.75, 3.05) is 11.4 Å². The van der Waals surface area contributed by atoms with Crippen LogP contribution < -0.4 is 4.90 Å². The molecule has 1 aliphatic rings. The molecule has 1 fully saturated rings. The Morgan fingerprint density at radius 3 is 2.63 bits per heavy atom.